The lowest BCUT2D eigenvalue weighted by molar-refractivity contribution is -0.117. The molecule has 0 radical (unpaired) electrons. The Morgan fingerprint density at radius 1 is 1.30 bits per heavy atom. The molecule has 2 heterocycles. The number of allylic oxidation sites excluding steroid dienone is 2. The van der Waals surface area contributed by atoms with Crippen molar-refractivity contribution in [3.05, 3.63) is 57.6 Å². The van der Waals surface area contributed by atoms with Gasteiger partial charge in [-0.25, -0.2) is 4.98 Å². The minimum Gasteiger partial charge on any atom is -0.342 e. The normalized spacial score (nSPS) is 26.5. The lowest BCUT2D eigenvalue weighted by Crippen LogP contribution is -2.41. The molecule has 1 aromatic carbocycles. The van der Waals surface area contributed by atoms with Gasteiger partial charge >= 0.3 is 0 Å². The van der Waals surface area contributed by atoms with Crippen LogP contribution in [-0.2, 0) is 10.2 Å². The average Bonchev–Trinajstić information content (AvgIpc) is 3.02. The Morgan fingerprint density at radius 3 is 2.83 bits per heavy atom. The predicted octanol–water partition coefficient (Wildman–Crippen LogP) is 4.52. The molecule has 1 aromatic heterocycles. The minimum absolute atomic E-state index is 0.288. The summed E-state index contributed by atoms with van der Waals surface area (Å²) in [5.41, 5.74) is 4.79. The van der Waals surface area contributed by atoms with E-state index in [0.29, 0.717) is 12.3 Å². The topological polar surface area (TPSA) is 42.0 Å². The first kappa shape index (κ1) is 14.6. The number of Topliss-reactive ketones (excluding diaryl/α,β-unsaturated/α-hetero) is 1. The lowest BCUT2D eigenvalue weighted by Gasteiger charge is -2.42. The van der Waals surface area contributed by atoms with Crippen molar-refractivity contribution in [2.75, 3.05) is 5.32 Å². The average molecular weight is 324 g/mol. The standard InChI is InChI=1S/C19H20N2OS/c1-3-19(13-7-5-4-6-8-13)16-14(9-12(2)10-15(16)22)21-18-17(19)23-11-20-18/h4-8,11-12,21H,3,9-10H2,1-2H3/t12-,19-/m1/s1. The molecule has 2 aliphatic rings. The summed E-state index contributed by atoms with van der Waals surface area (Å²) in [6.07, 6.45) is 2.43. The molecule has 1 aliphatic heterocycles. The van der Waals surface area contributed by atoms with Gasteiger partial charge in [0.2, 0.25) is 0 Å². The fraction of sp³-hybridized carbons (Fsp3) is 0.368. The van der Waals surface area contributed by atoms with Crippen LogP contribution in [0, 0.1) is 5.92 Å². The second-order valence-corrected chi connectivity index (χ2v) is 7.42. The van der Waals surface area contributed by atoms with Crippen molar-refractivity contribution in [1.82, 2.24) is 4.98 Å². The van der Waals surface area contributed by atoms with Crippen LogP contribution in [0.5, 0.6) is 0 Å². The van der Waals surface area contributed by atoms with Crippen molar-refractivity contribution >= 4 is 22.9 Å². The van der Waals surface area contributed by atoms with Crippen LogP contribution < -0.4 is 5.32 Å². The van der Waals surface area contributed by atoms with Crippen molar-refractivity contribution < 1.29 is 4.79 Å². The number of nitrogens with one attached hydrogen (secondary N) is 1. The van der Waals surface area contributed by atoms with E-state index in [1.165, 1.54) is 10.4 Å². The summed E-state index contributed by atoms with van der Waals surface area (Å²) < 4.78 is 0. The SMILES string of the molecule is CC[C@@]1(c2ccccc2)C2=C(C[C@@H](C)CC2=O)Nc2ncsc21. The van der Waals surface area contributed by atoms with E-state index in [4.69, 9.17) is 0 Å². The largest absolute Gasteiger partial charge is 0.342 e. The summed E-state index contributed by atoms with van der Waals surface area (Å²) in [7, 11) is 0. The van der Waals surface area contributed by atoms with Gasteiger partial charge in [0.05, 0.1) is 15.8 Å². The van der Waals surface area contributed by atoms with Crippen LogP contribution in [-0.4, -0.2) is 10.8 Å². The van der Waals surface area contributed by atoms with Gasteiger partial charge in [0.15, 0.2) is 5.78 Å². The summed E-state index contributed by atoms with van der Waals surface area (Å²) in [6.45, 7) is 4.33. The lowest BCUT2D eigenvalue weighted by atomic mass is 9.64. The quantitative estimate of drug-likeness (QED) is 0.883. The molecule has 3 nitrogen and oxygen atoms in total. The monoisotopic (exact) mass is 324 g/mol. The van der Waals surface area contributed by atoms with Gasteiger partial charge in [-0.3, -0.25) is 4.79 Å². The van der Waals surface area contributed by atoms with Crippen LogP contribution in [0.15, 0.2) is 47.1 Å². The fourth-order valence-corrected chi connectivity index (χ4v) is 5.20. The molecule has 0 saturated heterocycles. The van der Waals surface area contributed by atoms with Gasteiger partial charge < -0.3 is 5.32 Å². The second-order valence-electron chi connectivity index (χ2n) is 6.57. The molecule has 4 rings (SSSR count). The van der Waals surface area contributed by atoms with Crippen molar-refractivity contribution in [3.63, 3.8) is 0 Å². The number of aromatic nitrogens is 1. The Bertz CT molecular complexity index is 793. The van der Waals surface area contributed by atoms with Gasteiger partial charge in [-0.2, -0.15) is 0 Å². The number of carbonyl (C=O) groups excluding carboxylic acids is 1. The maximum Gasteiger partial charge on any atom is 0.162 e. The van der Waals surface area contributed by atoms with E-state index in [1.54, 1.807) is 11.3 Å². The third-order valence-electron chi connectivity index (χ3n) is 5.12. The molecule has 0 unspecified atom stereocenters. The highest BCUT2D eigenvalue weighted by Gasteiger charge is 2.48. The number of hydrogen-bond donors (Lipinski definition) is 1. The van der Waals surface area contributed by atoms with E-state index in [2.05, 4.69) is 48.4 Å². The van der Waals surface area contributed by atoms with Gasteiger partial charge in [-0.1, -0.05) is 44.2 Å². The first-order valence-corrected chi connectivity index (χ1v) is 9.08. The van der Waals surface area contributed by atoms with Crippen LogP contribution in [0.25, 0.3) is 0 Å². The minimum atomic E-state index is -0.352. The van der Waals surface area contributed by atoms with E-state index in [1.807, 2.05) is 11.6 Å². The molecule has 23 heavy (non-hydrogen) atoms. The maximum absolute atomic E-state index is 13.0. The van der Waals surface area contributed by atoms with Crippen molar-refractivity contribution in [2.24, 2.45) is 5.92 Å². The van der Waals surface area contributed by atoms with Crippen LogP contribution in [0.1, 0.15) is 43.6 Å². The molecule has 4 heteroatoms. The summed E-state index contributed by atoms with van der Waals surface area (Å²) in [4.78, 5) is 18.7. The smallest absolute Gasteiger partial charge is 0.162 e. The first-order valence-electron chi connectivity index (χ1n) is 8.20. The molecule has 0 spiro atoms. The Hall–Kier alpha value is -1.94. The number of carbonyl (C=O) groups is 1. The zero-order valence-electron chi connectivity index (χ0n) is 13.4. The molecular weight excluding hydrogens is 304 g/mol. The Balaban J connectivity index is 2.03. The molecule has 0 amide bonds. The molecule has 2 aromatic rings. The number of nitrogens with zero attached hydrogens (tertiary/aromatic N) is 1. The molecule has 1 N–H and O–H groups in total. The molecule has 0 fully saturated rings. The highest BCUT2D eigenvalue weighted by Crippen LogP contribution is 2.53. The van der Waals surface area contributed by atoms with Crippen molar-refractivity contribution in [3.8, 4) is 0 Å². The second kappa shape index (κ2) is 5.31. The Kier molecular flexibility index (Phi) is 3.38. The van der Waals surface area contributed by atoms with E-state index in [0.717, 1.165) is 29.9 Å². The summed E-state index contributed by atoms with van der Waals surface area (Å²) in [5, 5.41) is 3.46. The number of fused-ring (bicyclic) bond motifs is 1. The number of benzene rings is 1. The summed E-state index contributed by atoms with van der Waals surface area (Å²) >= 11 is 1.65. The van der Waals surface area contributed by atoms with Crippen LogP contribution in [0.3, 0.4) is 0 Å². The Morgan fingerprint density at radius 2 is 2.09 bits per heavy atom. The van der Waals surface area contributed by atoms with Gasteiger partial charge in [0.1, 0.15) is 5.82 Å². The highest BCUT2D eigenvalue weighted by atomic mass is 32.1. The third-order valence-corrected chi connectivity index (χ3v) is 6.10. The maximum atomic E-state index is 13.0. The summed E-state index contributed by atoms with van der Waals surface area (Å²) in [5.74, 6) is 1.61. The molecule has 0 saturated carbocycles. The van der Waals surface area contributed by atoms with E-state index in [-0.39, 0.29) is 11.2 Å². The molecule has 0 bridgehead atoms. The first-order chi connectivity index (χ1) is 11.2. The van der Waals surface area contributed by atoms with Gasteiger partial charge in [-0.15, -0.1) is 11.3 Å². The number of ketones is 1. The highest BCUT2D eigenvalue weighted by molar-refractivity contribution is 7.10. The Labute approximate surface area is 140 Å². The fourth-order valence-electron chi connectivity index (χ4n) is 4.15. The van der Waals surface area contributed by atoms with Crippen molar-refractivity contribution in [1.29, 1.82) is 0 Å². The van der Waals surface area contributed by atoms with Crippen LogP contribution in [0.4, 0.5) is 5.82 Å². The molecular formula is C19H20N2OS. The van der Waals surface area contributed by atoms with Gasteiger partial charge in [0.25, 0.3) is 0 Å². The van der Waals surface area contributed by atoms with Gasteiger partial charge in [-0.05, 0) is 24.3 Å². The van der Waals surface area contributed by atoms with E-state index in [9.17, 15) is 4.79 Å². The van der Waals surface area contributed by atoms with E-state index < -0.39 is 0 Å². The number of thiazole rings is 1. The van der Waals surface area contributed by atoms with Gasteiger partial charge in [0, 0.05) is 17.7 Å². The third kappa shape index (κ3) is 2.01. The molecule has 1 aliphatic carbocycles. The number of hydrogen-bond acceptors (Lipinski definition) is 4. The van der Waals surface area contributed by atoms with Crippen LogP contribution in [0.2, 0.25) is 0 Å². The molecule has 2 atom stereocenters. The number of rotatable bonds is 2. The van der Waals surface area contributed by atoms with Crippen molar-refractivity contribution in [2.45, 2.75) is 38.5 Å². The number of anilines is 1. The zero-order chi connectivity index (χ0) is 16.0. The predicted molar refractivity (Wildman–Crippen MR) is 93.7 cm³/mol. The van der Waals surface area contributed by atoms with Crippen LogP contribution >= 0.6 is 11.3 Å². The molecule has 118 valence electrons. The summed E-state index contributed by atoms with van der Waals surface area (Å²) in [6, 6.07) is 10.4. The van der Waals surface area contributed by atoms with E-state index >= 15 is 0 Å². The zero-order valence-corrected chi connectivity index (χ0v) is 14.2.